The topological polar surface area (TPSA) is 82.5 Å². The lowest BCUT2D eigenvalue weighted by molar-refractivity contribution is 0.296. The highest BCUT2D eigenvalue weighted by Gasteiger charge is 2.26. The van der Waals surface area contributed by atoms with Crippen molar-refractivity contribution in [1.29, 1.82) is 0 Å². The summed E-state index contributed by atoms with van der Waals surface area (Å²) in [5.74, 6) is 0.468. The SMILES string of the molecule is Nc1ncnc2c1c(-c1ccc3ccc(-c4cccs4)nc3c1)nn2C1CCC1. The van der Waals surface area contributed by atoms with Crippen LogP contribution < -0.4 is 5.73 Å². The highest BCUT2D eigenvalue weighted by Crippen LogP contribution is 2.38. The first-order chi connectivity index (χ1) is 14.3. The quantitative estimate of drug-likeness (QED) is 0.458. The molecule has 142 valence electrons. The van der Waals surface area contributed by atoms with Crippen molar-refractivity contribution in [3.05, 3.63) is 54.2 Å². The summed E-state index contributed by atoms with van der Waals surface area (Å²) in [5.41, 5.74) is 10.8. The van der Waals surface area contributed by atoms with Gasteiger partial charge in [0.05, 0.1) is 27.5 Å². The molecule has 7 heteroatoms. The second kappa shape index (κ2) is 6.35. The Kier molecular flexibility index (Phi) is 3.64. The van der Waals surface area contributed by atoms with Gasteiger partial charge in [-0.1, -0.05) is 24.3 Å². The molecule has 0 bridgehead atoms. The lowest BCUT2D eigenvalue weighted by atomic mass is 9.93. The maximum absolute atomic E-state index is 6.25. The number of fused-ring (bicyclic) bond motifs is 2. The van der Waals surface area contributed by atoms with E-state index in [0.29, 0.717) is 11.9 Å². The van der Waals surface area contributed by atoms with Gasteiger partial charge in [-0.2, -0.15) is 5.10 Å². The van der Waals surface area contributed by atoms with Crippen molar-refractivity contribution in [2.75, 3.05) is 5.73 Å². The average molecular weight is 398 g/mol. The van der Waals surface area contributed by atoms with E-state index in [2.05, 4.69) is 51.7 Å². The maximum atomic E-state index is 6.25. The average Bonchev–Trinajstić information content (AvgIpc) is 3.36. The second-order valence-corrected chi connectivity index (χ2v) is 8.36. The van der Waals surface area contributed by atoms with Crippen molar-refractivity contribution in [2.24, 2.45) is 0 Å². The zero-order valence-corrected chi connectivity index (χ0v) is 16.4. The third-order valence-corrected chi connectivity index (χ3v) is 6.57. The van der Waals surface area contributed by atoms with Crippen LogP contribution in [0.3, 0.4) is 0 Å². The number of rotatable bonds is 3. The molecule has 2 N–H and O–H groups in total. The van der Waals surface area contributed by atoms with Crippen LogP contribution >= 0.6 is 11.3 Å². The monoisotopic (exact) mass is 398 g/mol. The number of hydrogen-bond acceptors (Lipinski definition) is 6. The molecule has 5 aromatic rings. The minimum atomic E-state index is 0.393. The second-order valence-electron chi connectivity index (χ2n) is 7.42. The van der Waals surface area contributed by atoms with Crippen molar-refractivity contribution in [2.45, 2.75) is 25.3 Å². The number of anilines is 1. The normalized spacial score (nSPS) is 14.5. The summed E-state index contributed by atoms with van der Waals surface area (Å²) < 4.78 is 2.03. The van der Waals surface area contributed by atoms with Crippen LogP contribution in [0.2, 0.25) is 0 Å². The molecule has 6 rings (SSSR count). The Balaban J connectivity index is 1.55. The molecule has 0 unspecified atom stereocenters. The number of nitrogens with two attached hydrogens (primary N) is 1. The van der Waals surface area contributed by atoms with Crippen LogP contribution in [0.4, 0.5) is 5.82 Å². The Morgan fingerprint density at radius 2 is 1.97 bits per heavy atom. The molecular weight excluding hydrogens is 380 g/mol. The number of pyridine rings is 1. The zero-order valence-electron chi connectivity index (χ0n) is 15.6. The molecule has 1 saturated carbocycles. The van der Waals surface area contributed by atoms with Gasteiger partial charge in [0, 0.05) is 10.9 Å². The Labute approximate surface area is 171 Å². The van der Waals surface area contributed by atoms with E-state index in [4.69, 9.17) is 15.8 Å². The van der Waals surface area contributed by atoms with Crippen LogP contribution in [0.5, 0.6) is 0 Å². The van der Waals surface area contributed by atoms with Gasteiger partial charge < -0.3 is 5.73 Å². The van der Waals surface area contributed by atoms with Crippen LogP contribution in [0, 0.1) is 0 Å². The highest BCUT2D eigenvalue weighted by atomic mass is 32.1. The van der Waals surface area contributed by atoms with Crippen molar-refractivity contribution in [3.63, 3.8) is 0 Å². The summed E-state index contributed by atoms with van der Waals surface area (Å²) in [5, 5.41) is 8.92. The van der Waals surface area contributed by atoms with Gasteiger partial charge in [0.1, 0.15) is 17.8 Å². The van der Waals surface area contributed by atoms with Crippen molar-refractivity contribution in [3.8, 4) is 21.8 Å². The van der Waals surface area contributed by atoms with Gasteiger partial charge in [-0.3, -0.25) is 0 Å². The van der Waals surface area contributed by atoms with Crippen LogP contribution in [-0.2, 0) is 0 Å². The molecular formula is C22H18N6S. The number of aromatic nitrogens is 5. The molecule has 1 aromatic carbocycles. The number of hydrogen-bond donors (Lipinski definition) is 1. The fraction of sp³-hybridized carbons (Fsp3) is 0.182. The molecule has 0 spiro atoms. The molecule has 0 radical (unpaired) electrons. The fourth-order valence-electron chi connectivity index (χ4n) is 3.91. The van der Waals surface area contributed by atoms with Crippen LogP contribution in [0.25, 0.3) is 43.8 Å². The van der Waals surface area contributed by atoms with Crippen LogP contribution in [0.15, 0.2) is 54.2 Å². The molecule has 1 fully saturated rings. The molecule has 0 atom stereocenters. The number of nitrogens with zero attached hydrogens (tertiary/aromatic N) is 5. The van der Waals surface area contributed by atoms with Crippen LogP contribution in [0.1, 0.15) is 25.3 Å². The third kappa shape index (κ3) is 2.61. The number of benzene rings is 1. The molecule has 6 nitrogen and oxygen atoms in total. The highest BCUT2D eigenvalue weighted by molar-refractivity contribution is 7.13. The van der Waals surface area contributed by atoms with E-state index in [1.54, 1.807) is 11.3 Å². The van der Waals surface area contributed by atoms with Gasteiger partial charge in [-0.15, -0.1) is 11.3 Å². The summed E-state index contributed by atoms with van der Waals surface area (Å²) in [4.78, 5) is 14.8. The van der Waals surface area contributed by atoms with Crippen LogP contribution in [-0.4, -0.2) is 24.7 Å². The summed E-state index contributed by atoms with van der Waals surface area (Å²) in [6.45, 7) is 0. The molecule has 29 heavy (non-hydrogen) atoms. The van der Waals surface area contributed by atoms with Gasteiger partial charge in [0.2, 0.25) is 0 Å². The van der Waals surface area contributed by atoms with Gasteiger partial charge in [0.15, 0.2) is 5.65 Å². The minimum absolute atomic E-state index is 0.393. The smallest absolute Gasteiger partial charge is 0.164 e. The minimum Gasteiger partial charge on any atom is -0.383 e. The lowest BCUT2D eigenvalue weighted by Gasteiger charge is -2.25. The number of thiophene rings is 1. The first-order valence-corrected chi connectivity index (χ1v) is 10.6. The molecule has 0 amide bonds. The van der Waals surface area contributed by atoms with E-state index in [1.165, 1.54) is 12.7 Å². The Morgan fingerprint density at radius 1 is 1.07 bits per heavy atom. The lowest BCUT2D eigenvalue weighted by Crippen LogP contribution is -2.18. The molecule has 0 aliphatic heterocycles. The predicted octanol–water partition coefficient (Wildman–Crippen LogP) is 5.08. The Hall–Kier alpha value is -3.32. The summed E-state index contributed by atoms with van der Waals surface area (Å²) in [7, 11) is 0. The van der Waals surface area contributed by atoms with Crippen molar-refractivity contribution in [1.82, 2.24) is 24.7 Å². The first-order valence-electron chi connectivity index (χ1n) is 9.72. The molecule has 1 aliphatic carbocycles. The third-order valence-electron chi connectivity index (χ3n) is 5.68. The largest absolute Gasteiger partial charge is 0.383 e. The van der Waals surface area contributed by atoms with E-state index < -0.39 is 0 Å². The van der Waals surface area contributed by atoms with E-state index in [0.717, 1.165) is 56.6 Å². The van der Waals surface area contributed by atoms with E-state index in [-0.39, 0.29) is 0 Å². The standard InChI is InChI=1S/C22H18N6S/c23-21-19-20(27-28(15-3-1-4-15)22(19)25-12-24-21)14-7-6-13-8-9-16(26-17(13)11-14)18-5-2-10-29-18/h2,5-12,15H,1,3-4H2,(H2,23,24,25). The fourth-order valence-corrected chi connectivity index (χ4v) is 4.60. The summed E-state index contributed by atoms with van der Waals surface area (Å²) in [6.07, 6.45) is 5.01. The molecule has 1 aliphatic rings. The Bertz CT molecular complexity index is 1350. The molecule has 4 heterocycles. The first kappa shape index (κ1) is 16.6. The van der Waals surface area contributed by atoms with E-state index in [1.807, 2.05) is 10.7 Å². The Morgan fingerprint density at radius 3 is 2.76 bits per heavy atom. The van der Waals surface area contributed by atoms with Gasteiger partial charge >= 0.3 is 0 Å². The maximum Gasteiger partial charge on any atom is 0.164 e. The summed E-state index contributed by atoms with van der Waals surface area (Å²) >= 11 is 1.69. The predicted molar refractivity (Wildman–Crippen MR) is 117 cm³/mol. The summed E-state index contributed by atoms with van der Waals surface area (Å²) in [6, 6.07) is 15.0. The van der Waals surface area contributed by atoms with Crippen molar-refractivity contribution < 1.29 is 0 Å². The van der Waals surface area contributed by atoms with E-state index in [9.17, 15) is 0 Å². The zero-order chi connectivity index (χ0) is 19.4. The molecule has 4 aromatic heterocycles. The number of nitrogen functional groups attached to an aromatic ring is 1. The van der Waals surface area contributed by atoms with E-state index >= 15 is 0 Å². The molecule has 0 saturated heterocycles. The van der Waals surface area contributed by atoms with Gasteiger partial charge in [-0.25, -0.2) is 19.6 Å². The van der Waals surface area contributed by atoms with Gasteiger partial charge in [-0.05, 0) is 42.8 Å². The van der Waals surface area contributed by atoms with Gasteiger partial charge in [0.25, 0.3) is 0 Å². The van der Waals surface area contributed by atoms with Crippen molar-refractivity contribution >= 4 is 39.1 Å².